The standard InChI is InChI=1S/C24H28F3NO6S2/c1-16-8-9-17(14-21(16)35(4,30)31)22(29)28-12-10-18(11-13-28)23(2,3)36(32,33)20-7-5-6-19(15-20)34-24(25,26)27/h5-9,14-15,18H,10-13H2,1-4H3. The number of carbonyl (C=O) groups excluding carboxylic acids is 1. The molecule has 1 fully saturated rings. The Morgan fingerprint density at radius 2 is 1.61 bits per heavy atom. The molecule has 198 valence electrons. The molecule has 1 aliphatic rings. The maximum absolute atomic E-state index is 13.4. The molecule has 0 saturated carbocycles. The maximum atomic E-state index is 13.4. The molecular weight excluding hydrogens is 519 g/mol. The second-order valence-electron chi connectivity index (χ2n) is 9.45. The summed E-state index contributed by atoms with van der Waals surface area (Å²) in [5, 5.41) is 0. The lowest BCUT2D eigenvalue weighted by atomic mass is 9.85. The first-order chi connectivity index (χ1) is 16.4. The van der Waals surface area contributed by atoms with Crippen molar-refractivity contribution in [2.24, 2.45) is 5.92 Å². The number of hydrogen-bond acceptors (Lipinski definition) is 6. The van der Waals surface area contributed by atoms with E-state index in [2.05, 4.69) is 4.74 Å². The average Bonchev–Trinajstić information content (AvgIpc) is 2.77. The van der Waals surface area contributed by atoms with Crippen molar-refractivity contribution in [2.45, 2.75) is 54.5 Å². The third kappa shape index (κ3) is 5.86. The predicted octanol–water partition coefficient (Wildman–Crippen LogP) is 4.40. The molecule has 1 saturated heterocycles. The SMILES string of the molecule is Cc1ccc(C(=O)N2CCC(C(C)(C)S(=O)(=O)c3cccc(OC(F)(F)F)c3)CC2)cc1S(C)(=O)=O. The molecule has 0 aliphatic carbocycles. The van der Waals surface area contributed by atoms with Crippen molar-refractivity contribution in [1.82, 2.24) is 4.90 Å². The van der Waals surface area contributed by atoms with Crippen molar-refractivity contribution in [3.05, 3.63) is 53.6 Å². The Labute approximate surface area is 209 Å². The number of amides is 1. The normalized spacial score (nSPS) is 16.1. The number of rotatable bonds is 6. The average molecular weight is 548 g/mol. The summed E-state index contributed by atoms with van der Waals surface area (Å²) in [5.41, 5.74) is 0.761. The molecule has 0 spiro atoms. The van der Waals surface area contributed by atoms with Crippen LogP contribution in [0.3, 0.4) is 0 Å². The maximum Gasteiger partial charge on any atom is 0.573 e. The first-order valence-electron chi connectivity index (χ1n) is 11.1. The summed E-state index contributed by atoms with van der Waals surface area (Å²) in [4.78, 5) is 14.4. The fourth-order valence-electron chi connectivity index (χ4n) is 4.45. The molecule has 12 heteroatoms. The largest absolute Gasteiger partial charge is 0.573 e. The van der Waals surface area contributed by atoms with Gasteiger partial charge in [0.05, 0.1) is 14.5 Å². The van der Waals surface area contributed by atoms with Gasteiger partial charge in [0.2, 0.25) is 0 Å². The molecule has 36 heavy (non-hydrogen) atoms. The lowest BCUT2D eigenvalue weighted by molar-refractivity contribution is -0.274. The molecule has 3 rings (SSSR count). The van der Waals surface area contributed by atoms with E-state index in [1.807, 2.05) is 0 Å². The first kappa shape index (κ1) is 28.0. The van der Waals surface area contributed by atoms with Gasteiger partial charge in [-0.25, -0.2) is 16.8 Å². The molecule has 0 unspecified atom stereocenters. The second kappa shape index (κ2) is 9.70. The Morgan fingerprint density at radius 1 is 1.00 bits per heavy atom. The molecule has 2 aromatic carbocycles. The van der Waals surface area contributed by atoms with Crippen LogP contribution in [0, 0.1) is 12.8 Å². The van der Waals surface area contributed by atoms with Crippen LogP contribution in [-0.4, -0.2) is 58.1 Å². The van der Waals surface area contributed by atoms with E-state index < -0.39 is 36.5 Å². The number of halogens is 3. The van der Waals surface area contributed by atoms with E-state index in [-0.39, 0.29) is 40.3 Å². The van der Waals surface area contributed by atoms with Gasteiger partial charge in [0.25, 0.3) is 5.91 Å². The number of benzene rings is 2. The van der Waals surface area contributed by atoms with Crippen molar-refractivity contribution in [3.63, 3.8) is 0 Å². The van der Waals surface area contributed by atoms with Crippen LogP contribution in [0.5, 0.6) is 5.75 Å². The zero-order valence-corrected chi connectivity index (χ0v) is 21.9. The fraction of sp³-hybridized carbons (Fsp3) is 0.458. The number of sulfone groups is 2. The summed E-state index contributed by atoms with van der Waals surface area (Å²) in [6, 6.07) is 8.80. The molecule has 1 heterocycles. The molecule has 1 aliphatic heterocycles. The van der Waals surface area contributed by atoms with Crippen LogP contribution >= 0.6 is 0 Å². The Kier molecular flexibility index (Phi) is 7.54. The molecule has 1 amide bonds. The summed E-state index contributed by atoms with van der Waals surface area (Å²) in [7, 11) is -7.56. The topological polar surface area (TPSA) is 97.8 Å². The van der Waals surface area contributed by atoms with Crippen molar-refractivity contribution in [2.75, 3.05) is 19.3 Å². The highest BCUT2D eigenvalue weighted by Gasteiger charge is 2.44. The smallest absolute Gasteiger partial charge is 0.406 e. The molecule has 0 radical (unpaired) electrons. The van der Waals surface area contributed by atoms with Crippen LogP contribution in [-0.2, 0) is 19.7 Å². The van der Waals surface area contributed by atoms with Crippen LogP contribution in [0.2, 0.25) is 0 Å². The number of ether oxygens (including phenoxy) is 1. The Morgan fingerprint density at radius 3 is 2.17 bits per heavy atom. The van der Waals surface area contributed by atoms with Crippen LogP contribution in [0.15, 0.2) is 52.3 Å². The highest BCUT2D eigenvalue weighted by atomic mass is 32.2. The number of aryl methyl sites for hydroxylation is 1. The molecule has 7 nitrogen and oxygen atoms in total. The van der Waals surface area contributed by atoms with Gasteiger partial charge in [-0.3, -0.25) is 4.79 Å². The van der Waals surface area contributed by atoms with Crippen molar-refractivity contribution >= 4 is 25.6 Å². The van der Waals surface area contributed by atoms with Gasteiger partial charge < -0.3 is 9.64 Å². The summed E-state index contributed by atoms with van der Waals surface area (Å²) in [6.07, 6.45) is -3.18. The summed E-state index contributed by atoms with van der Waals surface area (Å²) in [5.74, 6) is -1.34. The lowest BCUT2D eigenvalue weighted by Crippen LogP contribution is -2.47. The zero-order chi connectivity index (χ0) is 27.1. The molecular formula is C24H28F3NO6S2. The van der Waals surface area contributed by atoms with Crippen molar-refractivity contribution < 1.29 is 39.5 Å². The number of piperidine rings is 1. The minimum atomic E-state index is -4.95. The zero-order valence-electron chi connectivity index (χ0n) is 20.3. The van der Waals surface area contributed by atoms with Crippen LogP contribution in [0.4, 0.5) is 13.2 Å². The van der Waals surface area contributed by atoms with Gasteiger partial charge in [0, 0.05) is 24.9 Å². The third-order valence-electron chi connectivity index (χ3n) is 6.64. The first-order valence-corrected chi connectivity index (χ1v) is 14.5. The van der Waals surface area contributed by atoms with E-state index in [1.54, 1.807) is 24.0 Å². The van der Waals surface area contributed by atoms with E-state index in [1.165, 1.54) is 32.0 Å². The molecule has 0 aromatic heterocycles. The van der Waals surface area contributed by atoms with Gasteiger partial charge in [-0.05, 0) is 75.4 Å². The molecule has 2 aromatic rings. The second-order valence-corrected chi connectivity index (χ2v) is 14.0. The Balaban J connectivity index is 1.76. The van der Waals surface area contributed by atoms with E-state index in [9.17, 15) is 34.8 Å². The summed E-state index contributed by atoms with van der Waals surface area (Å²) in [6.45, 7) is 5.20. The highest BCUT2D eigenvalue weighted by molar-refractivity contribution is 7.92. The third-order valence-corrected chi connectivity index (χ3v) is 10.5. The molecule has 0 N–H and O–H groups in total. The predicted molar refractivity (Wildman–Crippen MR) is 127 cm³/mol. The number of carbonyl (C=O) groups is 1. The number of alkyl halides is 3. The van der Waals surface area contributed by atoms with Crippen LogP contribution in [0.25, 0.3) is 0 Å². The Bertz CT molecular complexity index is 1360. The fourth-order valence-corrected chi connectivity index (χ4v) is 7.26. The van der Waals surface area contributed by atoms with Crippen molar-refractivity contribution in [3.8, 4) is 5.75 Å². The van der Waals surface area contributed by atoms with Gasteiger partial charge in [0.15, 0.2) is 19.7 Å². The van der Waals surface area contributed by atoms with Gasteiger partial charge in [-0.1, -0.05) is 12.1 Å². The summed E-state index contributed by atoms with van der Waals surface area (Å²) >= 11 is 0. The van der Waals surface area contributed by atoms with Gasteiger partial charge in [-0.15, -0.1) is 13.2 Å². The van der Waals surface area contributed by atoms with E-state index >= 15 is 0 Å². The van der Waals surface area contributed by atoms with E-state index in [0.717, 1.165) is 18.4 Å². The van der Waals surface area contributed by atoms with Crippen LogP contribution < -0.4 is 4.74 Å². The Hall–Kier alpha value is -2.60. The number of nitrogens with zero attached hydrogens (tertiary/aromatic N) is 1. The van der Waals surface area contributed by atoms with Crippen molar-refractivity contribution in [1.29, 1.82) is 0 Å². The minimum Gasteiger partial charge on any atom is -0.406 e. The van der Waals surface area contributed by atoms with E-state index in [0.29, 0.717) is 18.4 Å². The quantitative estimate of drug-likeness (QED) is 0.532. The minimum absolute atomic E-state index is 0.0761. The van der Waals surface area contributed by atoms with Gasteiger partial charge >= 0.3 is 6.36 Å². The molecule has 0 bridgehead atoms. The summed E-state index contributed by atoms with van der Waals surface area (Å²) < 4.78 is 91.1. The van der Waals surface area contributed by atoms with Crippen LogP contribution in [0.1, 0.15) is 42.6 Å². The molecule has 0 atom stereocenters. The van der Waals surface area contributed by atoms with Gasteiger partial charge in [-0.2, -0.15) is 0 Å². The number of hydrogen-bond donors (Lipinski definition) is 0. The van der Waals surface area contributed by atoms with Gasteiger partial charge in [0.1, 0.15) is 5.75 Å². The lowest BCUT2D eigenvalue weighted by Gasteiger charge is -2.40. The number of likely N-dealkylation sites (tertiary alicyclic amines) is 1. The monoisotopic (exact) mass is 547 g/mol. The van der Waals surface area contributed by atoms with E-state index in [4.69, 9.17) is 0 Å². The highest BCUT2D eigenvalue weighted by Crippen LogP contribution is 2.39.